The fourth-order valence-electron chi connectivity index (χ4n) is 3.23. The Morgan fingerprint density at radius 1 is 1.10 bits per heavy atom. The molecule has 2 amide bonds. The maximum atomic E-state index is 12.7. The fraction of sp³-hybridized carbons (Fsp3) is 0.417. The zero-order valence-electron chi connectivity index (χ0n) is 18.3. The van der Waals surface area contributed by atoms with Gasteiger partial charge in [0.15, 0.2) is 11.5 Å². The van der Waals surface area contributed by atoms with Crippen LogP contribution in [0.3, 0.4) is 0 Å². The Morgan fingerprint density at radius 3 is 2.55 bits per heavy atom. The van der Waals surface area contributed by atoms with E-state index in [4.69, 9.17) is 9.47 Å². The summed E-state index contributed by atoms with van der Waals surface area (Å²) in [6.07, 6.45) is 1.93. The Balaban J connectivity index is 1.63. The van der Waals surface area contributed by atoms with Crippen molar-refractivity contribution in [2.45, 2.75) is 56.2 Å². The second-order valence-electron chi connectivity index (χ2n) is 7.49. The predicted molar refractivity (Wildman–Crippen MR) is 124 cm³/mol. The largest absolute Gasteiger partial charge is 0.490 e. The van der Waals surface area contributed by atoms with Gasteiger partial charge in [0.1, 0.15) is 0 Å². The Labute approximate surface area is 188 Å². The summed E-state index contributed by atoms with van der Waals surface area (Å²) in [7, 11) is 0. The van der Waals surface area contributed by atoms with Crippen LogP contribution < -0.4 is 20.1 Å². The number of hydrogen-bond acceptors (Lipinski definition) is 5. The molecule has 2 aromatic carbocycles. The van der Waals surface area contributed by atoms with Crippen LogP contribution in [-0.4, -0.2) is 30.3 Å². The zero-order chi connectivity index (χ0) is 22.2. The van der Waals surface area contributed by atoms with Gasteiger partial charge in [-0.2, -0.15) is 0 Å². The molecule has 0 aromatic heterocycles. The van der Waals surface area contributed by atoms with E-state index >= 15 is 0 Å². The molecular formula is C24H30N2O4S. The van der Waals surface area contributed by atoms with E-state index < -0.39 is 5.25 Å². The first-order valence-corrected chi connectivity index (χ1v) is 11.6. The van der Waals surface area contributed by atoms with Crippen molar-refractivity contribution < 1.29 is 19.1 Å². The molecule has 3 rings (SSSR count). The lowest BCUT2D eigenvalue weighted by molar-refractivity contribution is -0.124. The first-order valence-electron chi connectivity index (χ1n) is 10.8. The van der Waals surface area contributed by atoms with E-state index in [0.717, 1.165) is 29.0 Å². The number of fused-ring (bicyclic) bond motifs is 1. The van der Waals surface area contributed by atoms with Gasteiger partial charge in [0.2, 0.25) is 11.8 Å². The van der Waals surface area contributed by atoms with Gasteiger partial charge in [-0.1, -0.05) is 32.0 Å². The molecule has 1 aliphatic rings. The van der Waals surface area contributed by atoms with Crippen LogP contribution in [0.2, 0.25) is 0 Å². The summed E-state index contributed by atoms with van der Waals surface area (Å²) in [6.45, 7) is 7.26. The summed E-state index contributed by atoms with van der Waals surface area (Å²) in [6, 6.07) is 13.1. The van der Waals surface area contributed by atoms with Crippen molar-refractivity contribution >= 4 is 29.3 Å². The molecular weight excluding hydrogens is 412 g/mol. The average Bonchev–Trinajstić information content (AvgIpc) is 2.76. The Morgan fingerprint density at radius 2 is 1.81 bits per heavy atom. The number of anilines is 1. The van der Waals surface area contributed by atoms with Crippen LogP contribution in [0.25, 0.3) is 0 Å². The number of amides is 2. The summed E-state index contributed by atoms with van der Waals surface area (Å²) in [5, 5.41) is 5.44. The highest BCUT2D eigenvalue weighted by Crippen LogP contribution is 2.37. The van der Waals surface area contributed by atoms with Gasteiger partial charge < -0.3 is 20.1 Å². The lowest BCUT2D eigenvalue weighted by Crippen LogP contribution is -2.35. The van der Waals surface area contributed by atoms with E-state index in [2.05, 4.69) is 24.5 Å². The van der Waals surface area contributed by atoms with Crippen LogP contribution in [0, 0.1) is 0 Å². The highest BCUT2D eigenvalue weighted by Gasteiger charge is 2.29. The van der Waals surface area contributed by atoms with Crippen LogP contribution >= 0.6 is 11.8 Å². The minimum absolute atomic E-state index is 0.117. The smallest absolute Gasteiger partial charge is 0.238 e. The highest BCUT2D eigenvalue weighted by molar-refractivity contribution is 8.01. The monoisotopic (exact) mass is 442 g/mol. The molecule has 7 heteroatoms. The molecule has 0 fully saturated rings. The predicted octanol–water partition coefficient (Wildman–Crippen LogP) is 4.94. The van der Waals surface area contributed by atoms with Crippen molar-refractivity contribution in [3.63, 3.8) is 0 Å². The Bertz CT molecular complexity index is 918. The standard InChI is InChI=1S/C24H30N2O4S/c1-4-12-29-19-11-10-17(14-20(19)30-13-5-2)16(3)25-23(27)15-22-24(28)26-18-8-6-7-9-21(18)31-22/h6-11,14,16,22H,4-5,12-13,15H2,1-3H3,(H,25,27)(H,26,28). The van der Waals surface area contributed by atoms with Gasteiger partial charge in [0.05, 0.1) is 30.2 Å². The summed E-state index contributed by atoms with van der Waals surface area (Å²) >= 11 is 1.43. The maximum Gasteiger partial charge on any atom is 0.238 e. The maximum absolute atomic E-state index is 12.7. The molecule has 1 aliphatic heterocycles. The zero-order valence-corrected chi connectivity index (χ0v) is 19.1. The molecule has 31 heavy (non-hydrogen) atoms. The SMILES string of the molecule is CCCOc1ccc(C(C)NC(=O)CC2Sc3ccccc3NC2=O)cc1OCCC. The Kier molecular flexibility index (Phi) is 8.23. The van der Waals surface area contributed by atoms with Crippen LogP contribution in [0.1, 0.15) is 51.6 Å². The van der Waals surface area contributed by atoms with Crippen LogP contribution in [-0.2, 0) is 9.59 Å². The molecule has 0 radical (unpaired) electrons. The first-order chi connectivity index (χ1) is 15.0. The highest BCUT2D eigenvalue weighted by atomic mass is 32.2. The molecule has 0 bridgehead atoms. The quantitative estimate of drug-likeness (QED) is 0.545. The normalized spacial score (nSPS) is 16.1. The molecule has 2 N–H and O–H groups in total. The summed E-state index contributed by atoms with van der Waals surface area (Å²) in [5.74, 6) is 1.10. The molecule has 0 spiro atoms. The average molecular weight is 443 g/mol. The molecule has 2 aromatic rings. The molecule has 0 aliphatic carbocycles. The van der Waals surface area contributed by atoms with E-state index in [0.29, 0.717) is 24.7 Å². The van der Waals surface area contributed by atoms with Crippen LogP contribution in [0.5, 0.6) is 11.5 Å². The summed E-state index contributed by atoms with van der Waals surface area (Å²) in [5.41, 5.74) is 1.72. The lowest BCUT2D eigenvalue weighted by Gasteiger charge is -2.24. The molecule has 0 saturated heterocycles. The molecule has 2 unspecified atom stereocenters. The van der Waals surface area contributed by atoms with Crippen molar-refractivity contribution in [3.05, 3.63) is 48.0 Å². The first kappa shape index (κ1) is 23.0. The molecule has 166 valence electrons. The summed E-state index contributed by atoms with van der Waals surface area (Å²) < 4.78 is 11.6. The second-order valence-corrected chi connectivity index (χ2v) is 8.73. The van der Waals surface area contributed by atoms with E-state index in [1.807, 2.05) is 49.4 Å². The van der Waals surface area contributed by atoms with Gasteiger partial charge in [-0.05, 0) is 49.6 Å². The summed E-state index contributed by atoms with van der Waals surface area (Å²) in [4.78, 5) is 26.0. The van der Waals surface area contributed by atoms with Gasteiger partial charge in [-0.15, -0.1) is 11.8 Å². The van der Waals surface area contributed by atoms with Crippen molar-refractivity contribution in [3.8, 4) is 11.5 Å². The topological polar surface area (TPSA) is 76.7 Å². The van der Waals surface area contributed by atoms with Crippen molar-refractivity contribution in [1.82, 2.24) is 5.32 Å². The number of benzene rings is 2. The van der Waals surface area contributed by atoms with Crippen LogP contribution in [0.4, 0.5) is 5.69 Å². The minimum atomic E-state index is -0.449. The third-order valence-electron chi connectivity index (χ3n) is 4.85. The number of carbonyl (C=O) groups excluding carboxylic acids is 2. The van der Waals surface area contributed by atoms with E-state index in [1.54, 1.807) is 0 Å². The molecule has 1 heterocycles. The number of para-hydroxylation sites is 1. The number of nitrogens with one attached hydrogen (secondary N) is 2. The van der Waals surface area contributed by atoms with Gasteiger partial charge in [0, 0.05) is 11.3 Å². The van der Waals surface area contributed by atoms with Crippen molar-refractivity contribution in [1.29, 1.82) is 0 Å². The third kappa shape index (κ3) is 6.17. The number of thioether (sulfide) groups is 1. The van der Waals surface area contributed by atoms with Gasteiger partial charge in [-0.25, -0.2) is 0 Å². The Hall–Kier alpha value is -2.67. The number of ether oxygens (including phenoxy) is 2. The van der Waals surface area contributed by atoms with Gasteiger partial charge in [0.25, 0.3) is 0 Å². The van der Waals surface area contributed by atoms with E-state index in [-0.39, 0.29) is 24.3 Å². The van der Waals surface area contributed by atoms with Crippen molar-refractivity contribution in [2.24, 2.45) is 0 Å². The van der Waals surface area contributed by atoms with Gasteiger partial charge in [-0.3, -0.25) is 9.59 Å². The molecule has 2 atom stereocenters. The minimum Gasteiger partial charge on any atom is -0.490 e. The lowest BCUT2D eigenvalue weighted by atomic mass is 10.1. The van der Waals surface area contributed by atoms with Gasteiger partial charge >= 0.3 is 0 Å². The third-order valence-corrected chi connectivity index (χ3v) is 6.12. The van der Waals surface area contributed by atoms with Crippen LogP contribution in [0.15, 0.2) is 47.4 Å². The number of carbonyl (C=O) groups is 2. The number of rotatable bonds is 10. The van der Waals surface area contributed by atoms with Crippen molar-refractivity contribution in [2.75, 3.05) is 18.5 Å². The molecule has 0 saturated carbocycles. The number of hydrogen-bond donors (Lipinski definition) is 2. The van der Waals surface area contributed by atoms with E-state index in [9.17, 15) is 9.59 Å². The van der Waals surface area contributed by atoms with E-state index in [1.165, 1.54) is 11.8 Å². The molecule has 6 nitrogen and oxygen atoms in total. The second kappa shape index (κ2) is 11.1. The fourth-order valence-corrected chi connectivity index (χ4v) is 4.34.